The average Bonchev–Trinajstić information content (AvgIpc) is 2.72. The topological polar surface area (TPSA) is 62.0 Å². The van der Waals surface area contributed by atoms with E-state index in [1.807, 2.05) is 51.2 Å². The van der Waals surface area contributed by atoms with Gasteiger partial charge in [-0.1, -0.05) is 26.8 Å². The van der Waals surface area contributed by atoms with Gasteiger partial charge in [-0.3, -0.25) is 0 Å². The van der Waals surface area contributed by atoms with E-state index in [9.17, 15) is 5.11 Å². The third-order valence-corrected chi connectivity index (χ3v) is 3.19. The standard InChI is InChI=1S/C14H20N2O.ClH/c1-14(2,3)13(17)12(15)10-4-5-11-9(8-10)6-7-16-11;/h4-8,12-13,16-17H,15H2,1-3H3;1H/t12-,13-;/m1./s1. The Bertz CT molecular complexity index is 516. The molecule has 0 spiro atoms. The smallest absolute Gasteiger partial charge is 0.0780 e. The summed E-state index contributed by atoms with van der Waals surface area (Å²) in [5.41, 5.74) is 7.97. The molecule has 18 heavy (non-hydrogen) atoms. The molecule has 0 fully saturated rings. The number of aromatic nitrogens is 1. The molecule has 0 aliphatic rings. The van der Waals surface area contributed by atoms with Gasteiger partial charge in [-0.05, 0) is 34.6 Å². The van der Waals surface area contributed by atoms with Crippen molar-refractivity contribution in [2.75, 3.05) is 0 Å². The number of hydrogen-bond donors (Lipinski definition) is 3. The summed E-state index contributed by atoms with van der Waals surface area (Å²) in [4.78, 5) is 3.14. The lowest BCUT2D eigenvalue weighted by Crippen LogP contribution is -2.36. The van der Waals surface area contributed by atoms with Crippen LogP contribution in [0.4, 0.5) is 0 Å². The average molecular weight is 269 g/mol. The maximum absolute atomic E-state index is 10.2. The van der Waals surface area contributed by atoms with Crippen molar-refractivity contribution in [2.24, 2.45) is 11.1 Å². The predicted molar refractivity (Wildman–Crippen MR) is 77.9 cm³/mol. The van der Waals surface area contributed by atoms with E-state index in [1.54, 1.807) is 0 Å². The zero-order chi connectivity index (χ0) is 12.6. The van der Waals surface area contributed by atoms with Gasteiger partial charge in [0.15, 0.2) is 0 Å². The highest BCUT2D eigenvalue weighted by Crippen LogP contribution is 2.29. The van der Waals surface area contributed by atoms with E-state index < -0.39 is 6.10 Å². The Morgan fingerprint density at radius 2 is 1.89 bits per heavy atom. The van der Waals surface area contributed by atoms with Crippen LogP contribution in [0.3, 0.4) is 0 Å². The predicted octanol–water partition coefficient (Wildman–Crippen LogP) is 3.00. The second-order valence-corrected chi connectivity index (χ2v) is 5.66. The highest BCUT2D eigenvalue weighted by molar-refractivity contribution is 5.85. The van der Waals surface area contributed by atoms with Crippen molar-refractivity contribution in [3.05, 3.63) is 36.0 Å². The lowest BCUT2D eigenvalue weighted by Gasteiger charge is -2.31. The molecule has 2 rings (SSSR count). The third kappa shape index (κ3) is 2.86. The van der Waals surface area contributed by atoms with Crippen LogP contribution in [-0.2, 0) is 0 Å². The van der Waals surface area contributed by atoms with E-state index in [4.69, 9.17) is 5.73 Å². The van der Waals surface area contributed by atoms with Crippen LogP contribution in [-0.4, -0.2) is 16.2 Å². The van der Waals surface area contributed by atoms with Crippen molar-refractivity contribution >= 4 is 23.3 Å². The molecule has 4 N–H and O–H groups in total. The lowest BCUT2D eigenvalue weighted by atomic mass is 9.82. The SMILES string of the molecule is CC(C)(C)[C@H](O)[C@H](N)c1ccc2[nH]ccc2c1.Cl. The lowest BCUT2D eigenvalue weighted by molar-refractivity contribution is 0.0401. The van der Waals surface area contributed by atoms with Crippen molar-refractivity contribution in [2.45, 2.75) is 32.9 Å². The van der Waals surface area contributed by atoms with Crippen molar-refractivity contribution in [1.82, 2.24) is 4.98 Å². The second kappa shape index (κ2) is 5.31. The Morgan fingerprint density at radius 3 is 2.50 bits per heavy atom. The number of fused-ring (bicyclic) bond motifs is 1. The molecule has 3 nitrogen and oxygen atoms in total. The number of H-pyrrole nitrogens is 1. The first kappa shape index (κ1) is 15.0. The van der Waals surface area contributed by atoms with Crippen LogP contribution in [0.5, 0.6) is 0 Å². The molecule has 0 saturated carbocycles. The van der Waals surface area contributed by atoms with Crippen LogP contribution in [0, 0.1) is 5.41 Å². The minimum Gasteiger partial charge on any atom is -0.391 e. The first-order valence-corrected chi connectivity index (χ1v) is 5.90. The molecule has 100 valence electrons. The quantitative estimate of drug-likeness (QED) is 0.784. The molecule has 0 aliphatic heterocycles. The number of halogens is 1. The summed E-state index contributed by atoms with van der Waals surface area (Å²) >= 11 is 0. The molecule has 1 heterocycles. The number of aliphatic hydroxyl groups is 1. The Balaban J connectivity index is 0.00000162. The van der Waals surface area contributed by atoms with Crippen molar-refractivity contribution in [3.63, 3.8) is 0 Å². The number of hydrogen-bond acceptors (Lipinski definition) is 2. The Hall–Kier alpha value is -1.03. The van der Waals surface area contributed by atoms with Gasteiger partial charge in [0.25, 0.3) is 0 Å². The monoisotopic (exact) mass is 268 g/mol. The molecular weight excluding hydrogens is 248 g/mol. The van der Waals surface area contributed by atoms with Crippen LogP contribution in [0.2, 0.25) is 0 Å². The van der Waals surface area contributed by atoms with Crippen LogP contribution < -0.4 is 5.73 Å². The summed E-state index contributed by atoms with van der Waals surface area (Å²) in [6.07, 6.45) is 1.35. The van der Waals surface area contributed by atoms with E-state index in [2.05, 4.69) is 4.98 Å². The van der Waals surface area contributed by atoms with E-state index in [0.29, 0.717) is 0 Å². The molecule has 0 unspecified atom stereocenters. The molecule has 0 amide bonds. The summed E-state index contributed by atoms with van der Waals surface area (Å²) in [5, 5.41) is 11.3. The van der Waals surface area contributed by atoms with Gasteiger partial charge in [0.05, 0.1) is 12.1 Å². The zero-order valence-electron chi connectivity index (χ0n) is 11.0. The molecule has 0 radical (unpaired) electrons. The van der Waals surface area contributed by atoms with E-state index >= 15 is 0 Å². The number of aliphatic hydroxyl groups excluding tert-OH is 1. The second-order valence-electron chi connectivity index (χ2n) is 5.66. The molecule has 4 heteroatoms. The van der Waals surface area contributed by atoms with Gasteiger partial charge in [0.1, 0.15) is 0 Å². The first-order chi connectivity index (χ1) is 7.89. The van der Waals surface area contributed by atoms with Crippen LogP contribution >= 0.6 is 12.4 Å². The van der Waals surface area contributed by atoms with Crippen LogP contribution in [0.15, 0.2) is 30.5 Å². The molecular formula is C14H21ClN2O. The number of aromatic amines is 1. The maximum atomic E-state index is 10.2. The van der Waals surface area contributed by atoms with Gasteiger partial charge < -0.3 is 15.8 Å². The fourth-order valence-electron chi connectivity index (χ4n) is 2.00. The van der Waals surface area contributed by atoms with Gasteiger partial charge in [-0.15, -0.1) is 12.4 Å². The minimum absolute atomic E-state index is 0. The van der Waals surface area contributed by atoms with Crippen molar-refractivity contribution < 1.29 is 5.11 Å². The number of benzene rings is 1. The molecule has 2 aromatic rings. The fourth-order valence-corrected chi connectivity index (χ4v) is 2.00. The summed E-state index contributed by atoms with van der Waals surface area (Å²) in [6.45, 7) is 5.98. The number of nitrogens with one attached hydrogen (secondary N) is 1. The zero-order valence-corrected chi connectivity index (χ0v) is 11.8. The normalized spacial score (nSPS) is 15.2. The van der Waals surface area contributed by atoms with Crippen molar-refractivity contribution in [1.29, 1.82) is 0 Å². The highest BCUT2D eigenvalue weighted by atomic mass is 35.5. The fraction of sp³-hybridized carbons (Fsp3) is 0.429. The first-order valence-electron chi connectivity index (χ1n) is 5.90. The molecule has 1 aromatic heterocycles. The maximum Gasteiger partial charge on any atom is 0.0780 e. The number of rotatable bonds is 2. The Kier molecular flexibility index (Phi) is 4.43. The van der Waals surface area contributed by atoms with E-state index in [0.717, 1.165) is 16.5 Å². The molecule has 0 saturated heterocycles. The van der Waals surface area contributed by atoms with Gasteiger partial charge in [0, 0.05) is 11.7 Å². The highest BCUT2D eigenvalue weighted by Gasteiger charge is 2.29. The largest absolute Gasteiger partial charge is 0.391 e. The van der Waals surface area contributed by atoms with Gasteiger partial charge in [-0.2, -0.15) is 0 Å². The van der Waals surface area contributed by atoms with Gasteiger partial charge in [0.2, 0.25) is 0 Å². The molecule has 0 bridgehead atoms. The molecule has 1 aromatic carbocycles. The van der Waals surface area contributed by atoms with E-state index in [-0.39, 0.29) is 23.9 Å². The summed E-state index contributed by atoms with van der Waals surface area (Å²) in [6, 6.07) is 7.66. The van der Waals surface area contributed by atoms with Crippen molar-refractivity contribution in [3.8, 4) is 0 Å². The molecule has 2 atom stereocenters. The summed E-state index contributed by atoms with van der Waals surface area (Å²) in [5.74, 6) is 0. The molecule has 0 aliphatic carbocycles. The van der Waals surface area contributed by atoms with Gasteiger partial charge >= 0.3 is 0 Å². The Labute approximate surface area is 114 Å². The van der Waals surface area contributed by atoms with Gasteiger partial charge in [-0.25, -0.2) is 0 Å². The Morgan fingerprint density at radius 1 is 1.22 bits per heavy atom. The van der Waals surface area contributed by atoms with Crippen LogP contribution in [0.25, 0.3) is 10.9 Å². The number of nitrogens with two attached hydrogens (primary N) is 1. The minimum atomic E-state index is -0.557. The third-order valence-electron chi connectivity index (χ3n) is 3.19. The van der Waals surface area contributed by atoms with E-state index in [1.165, 1.54) is 0 Å². The summed E-state index contributed by atoms with van der Waals surface area (Å²) in [7, 11) is 0. The summed E-state index contributed by atoms with van der Waals surface area (Å²) < 4.78 is 0. The van der Waals surface area contributed by atoms with Crippen LogP contribution in [0.1, 0.15) is 32.4 Å².